The topological polar surface area (TPSA) is 92.1 Å². The number of aromatic nitrogens is 9. The van der Waals surface area contributed by atoms with Gasteiger partial charge in [0.1, 0.15) is 0 Å². The van der Waals surface area contributed by atoms with Crippen LogP contribution in [0.4, 0.5) is 0 Å². The molecule has 0 saturated heterocycles. The van der Waals surface area contributed by atoms with Crippen molar-refractivity contribution < 1.29 is 60.3 Å². The molecule has 0 aliphatic carbocycles. The van der Waals surface area contributed by atoms with Crippen LogP contribution in [0.15, 0.2) is 401 Å². The second-order valence-electron chi connectivity index (χ2n) is 37.5. The third-order valence-electron chi connectivity index (χ3n) is 25.1. The zero-order valence-corrected chi connectivity index (χ0v) is 91.4. The van der Waals surface area contributed by atoms with E-state index in [9.17, 15) is 0 Å². The van der Waals surface area contributed by atoms with Crippen molar-refractivity contribution in [3.05, 3.63) is 487 Å². The van der Waals surface area contributed by atoms with Crippen molar-refractivity contribution >= 4 is 33.1 Å². The van der Waals surface area contributed by atoms with Crippen molar-refractivity contribution in [3.63, 3.8) is 0 Å². The van der Waals surface area contributed by atoms with Gasteiger partial charge in [0.15, 0.2) is 0 Å². The molecule has 0 bridgehead atoms. The molecule has 0 unspecified atom stereocenters. The molecular weight excluding hydrogens is 2280 g/mol. The Hall–Kier alpha value is -13.9. The first-order valence-corrected chi connectivity index (χ1v) is 48.9. The maximum Gasteiger partial charge on any atom is 0.0774 e. The summed E-state index contributed by atoms with van der Waals surface area (Å²) in [6.45, 7) is 35.7. The summed E-state index contributed by atoms with van der Waals surface area (Å²) in [7, 11) is 0. The average molecular weight is 2400 g/mol. The van der Waals surface area contributed by atoms with Crippen LogP contribution < -0.4 is 0 Å². The zero-order valence-electron chi connectivity index (χ0n) is 84.2. The Morgan fingerprint density at radius 2 is 0.434 bits per heavy atom. The van der Waals surface area contributed by atoms with Gasteiger partial charge in [-0.05, 0) is 199 Å². The molecule has 0 aliphatic rings. The molecule has 0 aliphatic heterocycles. The average Bonchev–Trinajstić information content (AvgIpc) is 1.66. The summed E-state index contributed by atoms with van der Waals surface area (Å²) in [4.78, 5) is 28.3. The van der Waals surface area contributed by atoms with Crippen LogP contribution in [0.3, 0.4) is 0 Å². The van der Waals surface area contributed by atoms with E-state index >= 15 is 0 Å². The minimum atomic E-state index is 0. The van der Waals surface area contributed by atoms with Gasteiger partial charge in [0.25, 0.3) is 0 Å². The first-order valence-electron chi connectivity index (χ1n) is 48.9. The molecule has 12 heteroatoms. The quantitative estimate of drug-likeness (QED) is 0.0749. The molecule has 0 spiro atoms. The molecule has 6 heterocycles. The van der Waals surface area contributed by atoms with E-state index in [2.05, 4.69) is 418 Å². The Kier molecular flexibility index (Phi) is 37.7. The summed E-state index contributed by atoms with van der Waals surface area (Å²) < 4.78 is 7.02. The standard InChI is InChI=1S/3C25H25N2.C20H18N.2C18H14N.3Ir/c3*1-17(2)20-13-10-14-21(18(3)4)24(20)27-23-16-9-8-15-22(23)26-25(27)19-11-6-5-7-12-19;1-15(2)16-8-10-17(11-9-16)19-12-13-21-20(14-19)18-6-4-3-5-7-18;2*1-14-7-9-15(10-8-14)17-11-12-19-18(13-17)16-5-3-2-4-6-16;;;/h3*5-11,13-18H,1-4H3;3-6,8-15H,1-2H3;2*2-5,7-13H,1H3;;;/q6*-1;;;. The van der Waals surface area contributed by atoms with Crippen LogP contribution in [0.2, 0.25) is 0 Å². The predicted octanol–water partition coefficient (Wildman–Crippen LogP) is 34.6. The van der Waals surface area contributed by atoms with Crippen LogP contribution >= 0.6 is 0 Å². The summed E-state index contributed by atoms with van der Waals surface area (Å²) in [6, 6.07) is 151. The Balaban J connectivity index is 0.000000144. The van der Waals surface area contributed by atoms with Crippen LogP contribution in [-0.4, -0.2) is 43.6 Å². The number of benzene rings is 15. The fourth-order valence-corrected chi connectivity index (χ4v) is 17.7. The van der Waals surface area contributed by atoms with Crippen molar-refractivity contribution in [2.45, 2.75) is 152 Å². The molecule has 143 heavy (non-hydrogen) atoms. The number of pyridine rings is 3. The van der Waals surface area contributed by atoms with Gasteiger partial charge >= 0.3 is 0 Å². The molecular formula is C131H121Ir3N9-6. The molecule has 0 N–H and O–H groups in total. The van der Waals surface area contributed by atoms with Crippen molar-refractivity contribution in [2.75, 3.05) is 0 Å². The summed E-state index contributed by atoms with van der Waals surface area (Å²) in [5.41, 5.74) is 38.5. The first-order chi connectivity index (χ1) is 68.1. The van der Waals surface area contributed by atoms with Gasteiger partial charge in [-0.25, -0.2) is 0 Å². The summed E-state index contributed by atoms with van der Waals surface area (Å²) in [6.07, 6.45) is 5.57. The van der Waals surface area contributed by atoms with Crippen molar-refractivity contribution in [3.8, 4) is 118 Å². The van der Waals surface area contributed by atoms with Gasteiger partial charge < -0.3 is 28.7 Å². The summed E-state index contributed by atoms with van der Waals surface area (Å²) in [5.74, 6) is 5.95. The molecule has 3 radical (unpaired) electrons. The molecule has 9 nitrogen and oxygen atoms in total. The van der Waals surface area contributed by atoms with Gasteiger partial charge in [-0.15, -0.1) is 215 Å². The number of hydrogen-bond acceptors (Lipinski definition) is 6. The second-order valence-corrected chi connectivity index (χ2v) is 37.5. The smallest absolute Gasteiger partial charge is 0.0774 e. The predicted molar refractivity (Wildman–Crippen MR) is 586 cm³/mol. The number of imidazole rings is 3. The molecule has 0 atom stereocenters. The van der Waals surface area contributed by atoms with Crippen molar-refractivity contribution in [2.24, 2.45) is 0 Å². The number of rotatable bonds is 19. The van der Waals surface area contributed by atoms with E-state index in [4.69, 9.17) is 15.0 Å². The third kappa shape index (κ3) is 25.8. The molecule has 21 aromatic rings. The van der Waals surface area contributed by atoms with E-state index in [1.54, 1.807) is 0 Å². The fraction of sp³-hybridized carbons (Fsp3) is 0.176. The summed E-state index contributed by atoms with van der Waals surface area (Å²) >= 11 is 0. The Morgan fingerprint density at radius 3 is 0.657 bits per heavy atom. The van der Waals surface area contributed by atoms with Crippen LogP contribution in [0.25, 0.3) is 151 Å². The van der Waals surface area contributed by atoms with Gasteiger partial charge in [-0.1, -0.05) is 290 Å². The molecule has 21 rings (SSSR count). The fourth-order valence-electron chi connectivity index (χ4n) is 17.7. The molecule has 0 fully saturated rings. The Morgan fingerprint density at radius 1 is 0.210 bits per heavy atom. The van der Waals surface area contributed by atoms with Crippen LogP contribution in [-0.2, 0) is 60.3 Å². The van der Waals surface area contributed by atoms with Crippen LogP contribution in [0.1, 0.15) is 188 Å². The largest absolute Gasteiger partial charge is 0.333 e. The van der Waals surface area contributed by atoms with E-state index in [1.165, 1.54) is 101 Å². The van der Waals surface area contributed by atoms with E-state index < -0.39 is 0 Å². The van der Waals surface area contributed by atoms with E-state index in [1.807, 2.05) is 158 Å². The molecule has 723 valence electrons. The number of para-hydroxylation sites is 9. The van der Waals surface area contributed by atoms with Gasteiger partial charge in [0.2, 0.25) is 0 Å². The van der Waals surface area contributed by atoms with E-state index in [0.29, 0.717) is 41.4 Å². The number of fused-ring (bicyclic) bond motifs is 3. The minimum Gasteiger partial charge on any atom is -0.333 e. The maximum absolute atomic E-state index is 4.99. The van der Waals surface area contributed by atoms with Gasteiger partial charge in [-0.3, -0.25) is 15.0 Å². The van der Waals surface area contributed by atoms with Gasteiger partial charge in [0.05, 0.1) is 50.6 Å². The Labute approximate surface area is 887 Å². The Bertz CT molecular complexity index is 7000. The molecule has 15 aromatic carbocycles. The van der Waals surface area contributed by atoms with E-state index in [0.717, 1.165) is 101 Å². The number of aryl methyl sites for hydroxylation is 2. The third-order valence-corrected chi connectivity index (χ3v) is 25.1. The van der Waals surface area contributed by atoms with Crippen LogP contribution in [0.5, 0.6) is 0 Å². The molecule has 0 amide bonds. The van der Waals surface area contributed by atoms with Crippen LogP contribution in [0, 0.1) is 50.2 Å². The molecule has 6 aromatic heterocycles. The zero-order chi connectivity index (χ0) is 97.7. The van der Waals surface area contributed by atoms with Gasteiger partial charge in [0, 0.05) is 96.0 Å². The monoisotopic (exact) mass is 2400 g/mol. The normalized spacial score (nSPS) is 10.9. The SMILES string of the molecule is CC(C)c1ccc(-c2ccnc(-c3[c-]cccc3)c2)cc1.CC(C)c1cccc(C(C)C)c1-n1c(-c2[c-]cccc2)nc2ccccc21.CC(C)c1cccc(C(C)C)c1-n1c(-c2[c-]cccc2)nc2ccccc21.CC(C)c1cccc(C(C)C)c1-n1c(-c2[c-]cccc2)nc2ccccc21.Cc1ccc(-c2ccnc(-c3[c-]cccc3)c2)cc1.Cc1ccc(-c2ccnc(-c3[c-]cccc3)c2)cc1.[Ir].[Ir].[Ir]. The van der Waals surface area contributed by atoms with Gasteiger partial charge in [-0.2, -0.15) is 0 Å². The first kappa shape index (κ1) is 106. The van der Waals surface area contributed by atoms with Crippen molar-refractivity contribution in [1.82, 2.24) is 43.6 Å². The summed E-state index contributed by atoms with van der Waals surface area (Å²) in [5, 5.41) is 0. The second kappa shape index (κ2) is 50.7. The van der Waals surface area contributed by atoms with Crippen molar-refractivity contribution in [1.29, 1.82) is 0 Å². The maximum atomic E-state index is 4.99. The minimum absolute atomic E-state index is 0. The van der Waals surface area contributed by atoms with E-state index in [-0.39, 0.29) is 60.3 Å². The number of nitrogens with zero attached hydrogens (tertiary/aromatic N) is 9. The number of hydrogen-bond donors (Lipinski definition) is 0. The molecule has 0 saturated carbocycles.